The number of aromatic nitrogens is 6. The minimum atomic E-state index is -4.47. The minimum Gasteiger partial charge on any atom is -0.497 e. The molecule has 0 saturated carbocycles. The highest BCUT2D eigenvalue weighted by Gasteiger charge is 2.31. The fraction of sp³-hybridized carbons (Fsp3) is 0.318. The fourth-order valence-corrected chi connectivity index (χ4v) is 10.2. The average molecular weight is 1190 g/mol. The maximum atomic E-state index is 14.8. The zero-order valence-corrected chi connectivity index (χ0v) is 51.2. The first kappa shape index (κ1) is 61.8. The number of benzene rings is 6. The number of nitrogens with zero attached hydrogens (tertiary/aromatic N) is 6. The van der Waals surface area contributed by atoms with E-state index in [0.29, 0.717) is 83.3 Å². The molecule has 19 nitrogen and oxygen atoms in total. The molecule has 0 aliphatic heterocycles. The van der Waals surface area contributed by atoms with Gasteiger partial charge in [-0.25, -0.2) is 4.57 Å². The number of ketones is 6. The van der Waals surface area contributed by atoms with Crippen LogP contribution >= 0.6 is 7.82 Å². The summed E-state index contributed by atoms with van der Waals surface area (Å²) < 4.78 is 53.7. The number of fused-ring (bicyclic) bond motifs is 3. The van der Waals surface area contributed by atoms with Crippen LogP contribution in [0.25, 0.3) is 32.7 Å². The van der Waals surface area contributed by atoms with Crippen LogP contribution in [-0.2, 0) is 72.0 Å². The summed E-state index contributed by atoms with van der Waals surface area (Å²) in [4.78, 5) is 81.8. The van der Waals surface area contributed by atoms with Crippen molar-refractivity contribution in [3.05, 3.63) is 178 Å². The van der Waals surface area contributed by atoms with Crippen molar-refractivity contribution in [3.63, 3.8) is 0 Å². The summed E-state index contributed by atoms with van der Waals surface area (Å²) in [6.07, 6.45) is 0. The molecule has 0 bridgehead atoms. The quantitative estimate of drug-likeness (QED) is 0.0404. The Kier molecular flexibility index (Phi) is 17.7. The molecule has 0 N–H and O–H groups in total. The first-order valence-electron chi connectivity index (χ1n) is 27.8. The van der Waals surface area contributed by atoms with Crippen LogP contribution in [0, 0.1) is 16.2 Å². The second kappa shape index (κ2) is 24.7. The molecule has 0 aliphatic carbocycles. The molecule has 0 aliphatic rings. The van der Waals surface area contributed by atoms with Gasteiger partial charge in [-0.1, -0.05) is 135 Å². The lowest BCUT2D eigenvalue weighted by Gasteiger charge is -2.19. The van der Waals surface area contributed by atoms with Crippen LogP contribution < -0.4 is 14.2 Å². The van der Waals surface area contributed by atoms with Crippen molar-refractivity contribution in [2.75, 3.05) is 21.3 Å². The molecular formula is C66H69N6O13P. The molecular weight excluding hydrogens is 1120 g/mol. The maximum Gasteiger partial charge on any atom is 0.475 e. The number of hydrogen-bond donors (Lipinski definition) is 0. The van der Waals surface area contributed by atoms with Crippen molar-refractivity contribution >= 4 is 75.2 Å². The number of carbonyl (C=O) groups excluding carboxylic acids is 6. The topological polar surface area (TPSA) is 228 Å². The van der Waals surface area contributed by atoms with Crippen molar-refractivity contribution in [3.8, 4) is 17.2 Å². The summed E-state index contributed by atoms with van der Waals surface area (Å²) in [5.74, 6) is 0.245. The molecule has 0 saturated heterocycles. The second-order valence-corrected chi connectivity index (χ2v) is 25.7. The van der Waals surface area contributed by atoms with E-state index in [1.165, 1.54) is 35.4 Å². The van der Waals surface area contributed by atoms with Gasteiger partial charge >= 0.3 is 7.82 Å². The van der Waals surface area contributed by atoms with Crippen LogP contribution in [0.5, 0.6) is 17.2 Å². The van der Waals surface area contributed by atoms with Crippen LogP contribution in [0.4, 0.5) is 0 Å². The molecule has 86 heavy (non-hydrogen) atoms. The lowest BCUT2D eigenvalue weighted by atomic mass is 9.91. The Hall–Kier alpha value is -8.74. The van der Waals surface area contributed by atoms with Crippen LogP contribution in [0.15, 0.2) is 127 Å². The Morgan fingerprint density at radius 3 is 0.849 bits per heavy atom. The van der Waals surface area contributed by atoms with Crippen LogP contribution in [-0.4, -0.2) is 85.4 Å². The molecule has 0 fully saturated rings. The largest absolute Gasteiger partial charge is 0.497 e. The van der Waals surface area contributed by atoms with E-state index in [0.717, 1.165) is 0 Å². The van der Waals surface area contributed by atoms with Gasteiger partial charge in [0.1, 0.15) is 54.0 Å². The molecule has 20 heteroatoms. The third-order valence-corrected chi connectivity index (χ3v) is 16.1. The molecule has 446 valence electrons. The fourth-order valence-electron chi connectivity index (χ4n) is 9.07. The number of carbonyl (C=O) groups is 6. The molecule has 0 spiro atoms. The Bertz CT molecular complexity index is 3720. The normalized spacial score (nSPS) is 12.2. The van der Waals surface area contributed by atoms with Gasteiger partial charge in [-0.15, -0.1) is 0 Å². The van der Waals surface area contributed by atoms with Gasteiger partial charge in [0.2, 0.25) is 17.3 Å². The molecule has 0 radical (unpaired) electrons. The number of phosphoric acid groups is 1. The standard InChI is InChI=1S/C66H69N6O13P/c1-64(2,3)55(73)34-70-52-31-46(80-10)25-28-49(52)58(67-70)61(76)43-19-13-40(14-20-43)37-83-86(79,84-38-41-15-21-44(22-16-41)62(77)59-50-29-26-47(81-11)32-53(50)71(68-59)35-56(74)65(4,5)6)85-39-42-17-23-45(24-18-42)63(78)60-51-30-27-48(82-12)33-54(51)72(69-60)36-57(75)66(7,8)9/h13-33H,34-39H2,1-12H3. The van der Waals surface area contributed by atoms with Crippen LogP contribution in [0.2, 0.25) is 0 Å². The van der Waals surface area contributed by atoms with Gasteiger partial charge in [0, 0.05) is 67.3 Å². The van der Waals surface area contributed by atoms with E-state index in [1.54, 1.807) is 127 Å². The Morgan fingerprint density at radius 2 is 0.628 bits per heavy atom. The highest BCUT2D eigenvalue weighted by molar-refractivity contribution is 7.48. The molecule has 0 atom stereocenters. The Labute approximate surface area is 498 Å². The molecule has 0 unspecified atom stereocenters. The molecule has 3 heterocycles. The highest BCUT2D eigenvalue weighted by atomic mass is 31.2. The van der Waals surface area contributed by atoms with Gasteiger partial charge in [0.15, 0.2) is 17.3 Å². The third kappa shape index (κ3) is 13.7. The summed E-state index contributed by atoms with van der Waals surface area (Å²) >= 11 is 0. The van der Waals surface area contributed by atoms with E-state index in [9.17, 15) is 33.3 Å². The first-order valence-corrected chi connectivity index (χ1v) is 29.3. The molecule has 6 aromatic carbocycles. The lowest BCUT2D eigenvalue weighted by molar-refractivity contribution is -0.127. The number of rotatable bonds is 24. The summed E-state index contributed by atoms with van der Waals surface area (Å²) in [6, 6.07) is 35.0. The van der Waals surface area contributed by atoms with E-state index in [-0.39, 0.29) is 91.2 Å². The number of phosphoric ester groups is 1. The zero-order chi connectivity index (χ0) is 62.0. The average Bonchev–Trinajstić information content (AvgIpc) is 1.76. The van der Waals surface area contributed by atoms with Crippen molar-refractivity contribution < 1.29 is 61.1 Å². The number of methoxy groups -OCH3 is 3. The number of Topliss-reactive ketones (excluding diaryl/α,β-unsaturated/α-hetero) is 3. The van der Waals surface area contributed by atoms with E-state index in [1.807, 2.05) is 62.3 Å². The summed E-state index contributed by atoms with van der Waals surface area (Å²) in [5.41, 5.74) is 2.66. The lowest BCUT2D eigenvalue weighted by Crippen LogP contribution is -2.25. The van der Waals surface area contributed by atoms with Gasteiger partial charge in [0.25, 0.3) is 0 Å². The summed E-state index contributed by atoms with van der Waals surface area (Å²) in [6.45, 7) is 15.4. The monoisotopic (exact) mass is 1180 g/mol. The van der Waals surface area contributed by atoms with Crippen LogP contribution in [0.3, 0.4) is 0 Å². The van der Waals surface area contributed by atoms with Gasteiger partial charge < -0.3 is 14.2 Å². The number of hydrogen-bond acceptors (Lipinski definition) is 16. The molecule has 9 rings (SSSR count). The van der Waals surface area contributed by atoms with Crippen molar-refractivity contribution in [1.82, 2.24) is 29.3 Å². The van der Waals surface area contributed by atoms with Gasteiger partial charge in [-0.3, -0.25) is 56.4 Å². The van der Waals surface area contributed by atoms with Gasteiger partial charge in [0.05, 0.1) is 57.7 Å². The SMILES string of the molecule is COc1ccc2c(C(=O)c3ccc(COP(=O)(OCc4ccc(C(=O)c5nn(CC(=O)C(C)(C)C)c6cc(OC)ccc56)cc4)OCc4ccc(C(=O)c5nn(CC(=O)C(C)(C)C)c6cc(OC)ccc56)cc4)cc3)nn(CC(=O)C(C)(C)C)c2c1. The molecule has 0 amide bonds. The molecule has 3 aromatic heterocycles. The highest BCUT2D eigenvalue weighted by Crippen LogP contribution is 2.52. The van der Waals surface area contributed by atoms with E-state index >= 15 is 0 Å². The zero-order valence-electron chi connectivity index (χ0n) is 50.3. The van der Waals surface area contributed by atoms with Gasteiger partial charge in [-0.05, 0) is 53.1 Å². The minimum absolute atomic E-state index is 0.0504. The third-order valence-electron chi connectivity index (χ3n) is 14.7. The second-order valence-electron chi connectivity index (χ2n) is 24.0. The number of ether oxygens (including phenoxy) is 3. The Balaban J connectivity index is 0.945. The maximum absolute atomic E-state index is 14.8. The van der Waals surface area contributed by atoms with Gasteiger partial charge in [-0.2, -0.15) is 15.3 Å². The van der Waals surface area contributed by atoms with Crippen molar-refractivity contribution in [1.29, 1.82) is 0 Å². The first-order chi connectivity index (χ1) is 40.7. The summed E-state index contributed by atoms with van der Waals surface area (Å²) in [5, 5.41) is 15.5. The van der Waals surface area contributed by atoms with Crippen molar-refractivity contribution in [2.45, 2.75) is 102 Å². The smallest absolute Gasteiger partial charge is 0.475 e. The van der Waals surface area contributed by atoms with Crippen molar-refractivity contribution in [2.24, 2.45) is 16.2 Å². The van der Waals surface area contributed by atoms with E-state index in [4.69, 9.17) is 27.8 Å². The predicted molar refractivity (Wildman–Crippen MR) is 324 cm³/mol. The van der Waals surface area contributed by atoms with E-state index in [2.05, 4.69) is 15.3 Å². The summed E-state index contributed by atoms with van der Waals surface area (Å²) in [7, 11) is 0.124. The van der Waals surface area contributed by atoms with E-state index < -0.39 is 24.1 Å². The molecule has 9 aromatic rings. The predicted octanol–water partition coefficient (Wildman–Crippen LogP) is 12.4. The van der Waals surface area contributed by atoms with Crippen LogP contribution in [0.1, 0.15) is 127 Å². The Morgan fingerprint density at radius 1 is 0.384 bits per heavy atom.